The molecular formula is C21H27N3O4S. The maximum absolute atomic E-state index is 12.5. The highest BCUT2D eigenvalue weighted by Crippen LogP contribution is 2.52. The van der Waals surface area contributed by atoms with Gasteiger partial charge in [-0.1, -0.05) is 31.2 Å². The number of nitrogens with zero attached hydrogens (tertiary/aromatic N) is 1. The highest BCUT2D eigenvalue weighted by Gasteiger charge is 2.58. The molecule has 1 unspecified atom stereocenters. The number of hydrogen-bond donors (Lipinski definition) is 4. The maximum atomic E-state index is 12.5. The predicted octanol–water partition coefficient (Wildman–Crippen LogP) is 1.44. The highest BCUT2D eigenvalue weighted by molar-refractivity contribution is 8.03. The Morgan fingerprint density at radius 3 is 2.69 bits per heavy atom. The van der Waals surface area contributed by atoms with Gasteiger partial charge in [0.1, 0.15) is 5.70 Å². The van der Waals surface area contributed by atoms with Gasteiger partial charge in [0, 0.05) is 41.8 Å². The summed E-state index contributed by atoms with van der Waals surface area (Å²) in [4.78, 5) is 26.6. The molecule has 1 aromatic carbocycles. The number of aliphatic carboxylic acids is 1. The second-order valence-electron chi connectivity index (χ2n) is 8.01. The molecule has 156 valence electrons. The second kappa shape index (κ2) is 8.10. The number of nitrogens with one attached hydrogen (secondary N) is 1. The maximum Gasteiger partial charge on any atom is 0.353 e. The quantitative estimate of drug-likeness (QED) is 0.496. The number of hydrogen-bond acceptors (Lipinski definition) is 6. The van der Waals surface area contributed by atoms with Gasteiger partial charge in [-0.3, -0.25) is 4.79 Å². The lowest BCUT2D eigenvalue weighted by Crippen LogP contribution is -2.60. The lowest BCUT2D eigenvalue weighted by atomic mass is 9.80. The molecule has 0 bridgehead atoms. The zero-order chi connectivity index (χ0) is 20.7. The zero-order valence-corrected chi connectivity index (χ0v) is 17.2. The topological polar surface area (TPSA) is 116 Å². The first-order valence-corrected chi connectivity index (χ1v) is 10.9. The smallest absolute Gasteiger partial charge is 0.353 e. The van der Waals surface area contributed by atoms with E-state index in [0.717, 1.165) is 23.4 Å². The third kappa shape index (κ3) is 3.48. The Morgan fingerprint density at radius 2 is 2.07 bits per heavy atom. The minimum absolute atomic E-state index is 0.0248. The van der Waals surface area contributed by atoms with Crippen LogP contribution in [0, 0.1) is 11.8 Å². The van der Waals surface area contributed by atoms with E-state index in [9.17, 15) is 19.8 Å². The fourth-order valence-corrected chi connectivity index (χ4v) is 6.29. The molecule has 3 aliphatic rings. The van der Waals surface area contributed by atoms with Crippen LogP contribution in [0.5, 0.6) is 0 Å². The molecule has 4 rings (SSSR count). The lowest BCUT2D eigenvalue weighted by molar-refractivity contribution is -0.157. The van der Waals surface area contributed by atoms with E-state index in [2.05, 4.69) is 17.4 Å². The van der Waals surface area contributed by atoms with E-state index in [-0.39, 0.29) is 47.4 Å². The summed E-state index contributed by atoms with van der Waals surface area (Å²) in [6.45, 7) is 3.25. The summed E-state index contributed by atoms with van der Waals surface area (Å²) in [7, 11) is 0. The van der Waals surface area contributed by atoms with Gasteiger partial charge < -0.3 is 26.2 Å². The molecule has 0 saturated carbocycles. The summed E-state index contributed by atoms with van der Waals surface area (Å²) in [5, 5.41) is 22.8. The molecule has 0 aliphatic carbocycles. The van der Waals surface area contributed by atoms with E-state index < -0.39 is 5.97 Å². The first-order chi connectivity index (χ1) is 14.0. The van der Waals surface area contributed by atoms with Crippen molar-refractivity contribution in [3.8, 4) is 0 Å². The van der Waals surface area contributed by atoms with Crippen LogP contribution in [0.3, 0.4) is 0 Å². The number of β-lactam (4-membered cyclic amide) rings is 1. The van der Waals surface area contributed by atoms with Crippen LogP contribution >= 0.6 is 11.8 Å². The van der Waals surface area contributed by atoms with Crippen molar-refractivity contribution in [3.63, 3.8) is 0 Å². The number of aliphatic hydroxyl groups excluding tert-OH is 1. The Labute approximate surface area is 174 Å². The minimum atomic E-state index is -1.04. The summed E-state index contributed by atoms with van der Waals surface area (Å²) >= 11 is 1.59. The SMILES string of the molecule is C[C@H]1C(S[C@@H]2CNC(c3ccc(CN)cc3)C2)=C(C(=O)O)N2C(=O)[C@@H](CCO)[C@H]12. The number of rotatable bonds is 7. The largest absolute Gasteiger partial charge is 0.477 e. The van der Waals surface area contributed by atoms with Crippen LogP contribution in [0.1, 0.15) is 36.9 Å². The Hall–Kier alpha value is -1.87. The molecule has 3 aliphatic heterocycles. The van der Waals surface area contributed by atoms with Crippen molar-refractivity contribution in [1.29, 1.82) is 0 Å². The van der Waals surface area contributed by atoms with Crippen molar-refractivity contribution in [2.24, 2.45) is 17.6 Å². The minimum Gasteiger partial charge on any atom is -0.477 e. The van der Waals surface area contributed by atoms with Crippen molar-refractivity contribution in [2.75, 3.05) is 13.2 Å². The third-order valence-corrected chi connectivity index (χ3v) is 7.82. The molecule has 0 spiro atoms. The van der Waals surface area contributed by atoms with Crippen LogP contribution in [0.15, 0.2) is 34.9 Å². The number of carbonyl (C=O) groups is 2. The number of amides is 1. The fourth-order valence-electron chi connectivity index (χ4n) is 4.81. The first-order valence-electron chi connectivity index (χ1n) is 10.1. The standard InChI is InChI=1S/C21H27N3O4S/c1-11-17-15(6-7-25)20(26)24(17)18(21(27)28)19(11)29-14-8-16(23-10-14)13-4-2-12(9-22)3-5-13/h2-5,11,14-17,23,25H,6-10,22H2,1H3,(H,27,28)/t11-,14+,15+,16?,17+/m1/s1. The van der Waals surface area contributed by atoms with Gasteiger partial charge in [0.25, 0.3) is 0 Å². The zero-order valence-electron chi connectivity index (χ0n) is 16.4. The van der Waals surface area contributed by atoms with Crippen molar-refractivity contribution < 1.29 is 19.8 Å². The van der Waals surface area contributed by atoms with Crippen LogP contribution in [-0.4, -0.2) is 51.4 Å². The van der Waals surface area contributed by atoms with E-state index in [0.29, 0.717) is 13.0 Å². The summed E-state index contributed by atoms with van der Waals surface area (Å²) in [5.41, 5.74) is 8.12. The molecule has 0 radical (unpaired) electrons. The molecule has 7 nitrogen and oxygen atoms in total. The molecule has 5 N–H and O–H groups in total. The number of aliphatic hydroxyl groups is 1. The van der Waals surface area contributed by atoms with Gasteiger partial charge in [-0.2, -0.15) is 0 Å². The van der Waals surface area contributed by atoms with Gasteiger partial charge in [-0.15, -0.1) is 11.8 Å². The van der Waals surface area contributed by atoms with Gasteiger partial charge in [-0.05, 0) is 24.0 Å². The highest BCUT2D eigenvalue weighted by atomic mass is 32.2. The van der Waals surface area contributed by atoms with Crippen LogP contribution in [0.25, 0.3) is 0 Å². The second-order valence-corrected chi connectivity index (χ2v) is 9.35. The lowest BCUT2D eigenvalue weighted by Gasteiger charge is -2.45. The van der Waals surface area contributed by atoms with Crippen LogP contribution in [0.2, 0.25) is 0 Å². The molecule has 1 aromatic rings. The fraction of sp³-hybridized carbons (Fsp3) is 0.524. The van der Waals surface area contributed by atoms with E-state index in [1.807, 2.05) is 19.1 Å². The number of nitrogens with two attached hydrogens (primary N) is 1. The van der Waals surface area contributed by atoms with Crippen molar-refractivity contribution in [3.05, 3.63) is 46.0 Å². The summed E-state index contributed by atoms with van der Waals surface area (Å²) in [6, 6.07) is 8.36. The normalized spacial score (nSPS) is 31.2. The molecule has 29 heavy (non-hydrogen) atoms. The Kier molecular flexibility index (Phi) is 5.70. The van der Waals surface area contributed by atoms with Crippen LogP contribution < -0.4 is 11.1 Å². The molecule has 2 saturated heterocycles. The van der Waals surface area contributed by atoms with Gasteiger partial charge in [0.2, 0.25) is 5.91 Å². The van der Waals surface area contributed by atoms with Gasteiger partial charge >= 0.3 is 5.97 Å². The molecule has 8 heteroatoms. The molecule has 1 amide bonds. The van der Waals surface area contributed by atoms with E-state index in [4.69, 9.17) is 5.73 Å². The molecular weight excluding hydrogens is 390 g/mol. The average Bonchev–Trinajstić information content (AvgIpc) is 3.28. The number of carboxylic acid groups (broad SMARTS) is 1. The molecule has 2 fully saturated rings. The number of thioether (sulfide) groups is 1. The Bertz CT molecular complexity index is 841. The Morgan fingerprint density at radius 1 is 1.34 bits per heavy atom. The monoisotopic (exact) mass is 417 g/mol. The summed E-state index contributed by atoms with van der Waals surface area (Å²) in [6.07, 6.45) is 1.29. The number of fused-ring (bicyclic) bond motifs is 1. The first kappa shape index (κ1) is 20.4. The molecule has 5 atom stereocenters. The van der Waals surface area contributed by atoms with Gasteiger partial charge in [-0.25, -0.2) is 4.79 Å². The number of carbonyl (C=O) groups excluding carboxylic acids is 1. The third-order valence-electron chi connectivity index (χ3n) is 6.31. The van der Waals surface area contributed by atoms with Crippen molar-refractivity contribution >= 4 is 23.6 Å². The molecule has 0 aromatic heterocycles. The average molecular weight is 418 g/mol. The van der Waals surface area contributed by atoms with Crippen molar-refractivity contribution in [1.82, 2.24) is 10.2 Å². The van der Waals surface area contributed by atoms with Gasteiger partial charge in [0.15, 0.2) is 0 Å². The molecule has 3 heterocycles. The van der Waals surface area contributed by atoms with Gasteiger partial charge in [0.05, 0.1) is 12.0 Å². The van der Waals surface area contributed by atoms with E-state index in [1.165, 1.54) is 10.5 Å². The summed E-state index contributed by atoms with van der Waals surface area (Å²) < 4.78 is 0. The van der Waals surface area contributed by atoms with E-state index in [1.54, 1.807) is 11.8 Å². The van der Waals surface area contributed by atoms with Crippen molar-refractivity contribution in [2.45, 2.75) is 43.6 Å². The Balaban J connectivity index is 1.48. The predicted molar refractivity (Wildman–Crippen MR) is 111 cm³/mol. The number of benzene rings is 1. The van der Waals surface area contributed by atoms with Crippen LogP contribution in [0.4, 0.5) is 0 Å². The van der Waals surface area contributed by atoms with E-state index >= 15 is 0 Å². The van der Waals surface area contributed by atoms with Crippen LogP contribution in [-0.2, 0) is 16.1 Å². The number of carboxylic acids is 1. The summed E-state index contributed by atoms with van der Waals surface area (Å²) in [5.74, 6) is -1.52.